The molecule has 176 valence electrons. The summed E-state index contributed by atoms with van der Waals surface area (Å²) in [4.78, 5) is 17.1. The van der Waals surface area contributed by atoms with Gasteiger partial charge in [-0.05, 0) is 56.4 Å². The van der Waals surface area contributed by atoms with E-state index in [4.69, 9.17) is 10.3 Å². The van der Waals surface area contributed by atoms with Crippen LogP contribution in [0.2, 0.25) is 0 Å². The summed E-state index contributed by atoms with van der Waals surface area (Å²) in [6.07, 6.45) is 3.71. The molecular weight excluding hydrogens is 473 g/mol. The normalized spacial score (nSPS) is 21.6. The molecule has 0 radical (unpaired) electrons. The van der Waals surface area contributed by atoms with Gasteiger partial charge in [0.05, 0.1) is 10.6 Å². The highest BCUT2D eigenvalue weighted by molar-refractivity contribution is 7.18. The predicted octanol–water partition coefficient (Wildman–Crippen LogP) is 6.19. The van der Waals surface area contributed by atoms with Crippen LogP contribution in [0, 0.1) is 12.7 Å². The minimum atomic E-state index is -0.351. The Kier molecular flexibility index (Phi) is 5.96. The number of halogens is 2. The first-order valence-electron chi connectivity index (χ1n) is 11.3. The van der Waals surface area contributed by atoms with Crippen LogP contribution in [0.25, 0.3) is 32.5 Å². The Morgan fingerprint density at radius 3 is 2.53 bits per heavy atom. The number of carbonyl (C=O) groups excluding carboxylic acids is 1. The van der Waals surface area contributed by atoms with Crippen LogP contribution in [0.5, 0.6) is 0 Å². The Morgan fingerprint density at radius 2 is 1.82 bits per heavy atom. The van der Waals surface area contributed by atoms with E-state index in [1.165, 1.54) is 17.4 Å². The summed E-state index contributed by atoms with van der Waals surface area (Å²) in [6, 6.07) is 15.5. The molecule has 2 aromatic heterocycles. The molecule has 0 saturated carbocycles. The zero-order valence-electron chi connectivity index (χ0n) is 18.7. The van der Waals surface area contributed by atoms with E-state index in [1.807, 2.05) is 41.3 Å². The van der Waals surface area contributed by atoms with Gasteiger partial charge in [0.1, 0.15) is 5.82 Å². The number of rotatable bonds is 3. The lowest BCUT2D eigenvalue weighted by Crippen LogP contribution is -2.49. The van der Waals surface area contributed by atoms with Crippen LogP contribution in [-0.2, 0) is 0 Å². The van der Waals surface area contributed by atoms with Crippen molar-refractivity contribution in [1.82, 2.24) is 10.1 Å². The molecule has 1 amide bonds. The zero-order chi connectivity index (χ0) is 22.7. The Balaban J connectivity index is 0.00000241. The molecule has 8 heteroatoms. The van der Waals surface area contributed by atoms with Crippen LogP contribution in [0.1, 0.15) is 41.0 Å². The number of hydrogen-bond donors (Lipinski definition) is 1. The van der Waals surface area contributed by atoms with Gasteiger partial charge >= 0.3 is 0 Å². The third-order valence-electron chi connectivity index (χ3n) is 7.02. The van der Waals surface area contributed by atoms with Crippen molar-refractivity contribution >= 4 is 40.6 Å². The van der Waals surface area contributed by atoms with E-state index in [1.54, 1.807) is 13.0 Å². The van der Waals surface area contributed by atoms with Crippen LogP contribution in [0.4, 0.5) is 4.39 Å². The van der Waals surface area contributed by atoms with E-state index in [0.717, 1.165) is 41.7 Å². The average Bonchev–Trinajstić information content (AvgIpc) is 3.48. The number of nitrogens with zero attached hydrogens (tertiary/aromatic N) is 2. The molecule has 2 aliphatic heterocycles. The predicted molar refractivity (Wildman–Crippen MR) is 135 cm³/mol. The second-order valence-electron chi connectivity index (χ2n) is 9.14. The number of benzene rings is 2. The molecule has 4 aromatic rings. The van der Waals surface area contributed by atoms with Crippen molar-refractivity contribution in [2.24, 2.45) is 5.73 Å². The van der Waals surface area contributed by atoms with Crippen molar-refractivity contribution in [2.75, 3.05) is 0 Å². The molecule has 2 bridgehead atoms. The fourth-order valence-electron chi connectivity index (χ4n) is 5.46. The highest BCUT2D eigenvalue weighted by Crippen LogP contribution is 2.44. The Hall–Kier alpha value is -2.74. The van der Waals surface area contributed by atoms with Gasteiger partial charge in [-0.3, -0.25) is 4.79 Å². The first kappa shape index (κ1) is 23.0. The lowest BCUT2D eigenvalue weighted by Gasteiger charge is -2.37. The fourth-order valence-corrected chi connectivity index (χ4v) is 6.60. The lowest BCUT2D eigenvalue weighted by molar-refractivity contribution is 0.0580. The molecule has 0 aliphatic carbocycles. The van der Waals surface area contributed by atoms with Crippen LogP contribution in [-0.4, -0.2) is 34.1 Å². The minimum absolute atomic E-state index is 0. The third-order valence-corrected chi connectivity index (χ3v) is 8.17. The molecule has 34 heavy (non-hydrogen) atoms. The van der Waals surface area contributed by atoms with Gasteiger partial charge in [-0.2, -0.15) is 0 Å². The molecule has 2 N–H and O–H groups in total. The summed E-state index contributed by atoms with van der Waals surface area (Å²) in [6.45, 7) is 1.79. The van der Waals surface area contributed by atoms with Gasteiger partial charge in [0.25, 0.3) is 5.91 Å². The number of thiophene rings is 1. The fraction of sp³-hybridized carbons (Fsp3) is 0.308. The molecule has 4 heterocycles. The summed E-state index contributed by atoms with van der Waals surface area (Å²) in [7, 11) is 0. The maximum Gasteiger partial charge on any atom is 0.264 e. The van der Waals surface area contributed by atoms with Crippen LogP contribution in [0.3, 0.4) is 0 Å². The van der Waals surface area contributed by atoms with E-state index in [-0.39, 0.29) is 42.3 Å². The van der Waals surface area contributed by atoms with Crippen LogP contribution in [0.15, 0.2) is 53.1 Å². The molecule has 2 aromatic carbocycles. The molecule has 2 fully saturated rings. The molecular formula is C26H25ClFN3O2S. The largest absolute Gasteiger partial charge is 0.356 e. The topological polar surface area (TPSA) is 72.4 Å². The van der Waals surface area contributed by atoms with Crippen molar-refractivity contribution < 1.29 is 13.7 Å². The van der Waals surface area contributed by atoms with Crippen molar-refractivity contribution in [1.29, 1.82) is 0 Å². The highest BCUT2D eigenvalue weighted by Gasteiger charge is 2.43. The van der Waals surface area contributed by atoms with Crippen molar-refractivity contribution in [3.63, 3.8) is 0 Å². The summed E-state index contributed by atoms with van der Waals surface area (Å²) >= 11 is 1.35. The molecule has 2 unspecified atom stereocenters. The molecule has 6 rings (SSSR count). The highest BCUT2D eigenvalue weighted by atomic mass is 35.5. The van der Waals surface area contributed by atoms with E-state index >= 15 is 4.39 Å². The quantitative estimate of drug-likeness (QED) is 0.366. The number of nitrogens with two attached hydrogens (primary N) is 1. The summed E-state index contributed by atoms with van der Waals surface area (Å²) in [5, 5.41) is 4.63. The lowest BCUT2D eigenvalue weighted by atomic mass is 9.97. The Labute approximate surface area is 207 Å². The zero-order valence-corrected chi connectivity index (χ0v) is 20.3. The van der Waals surface area contributed by atoms with Crippen molar-refractivity contribution in [2.45, 2.75) is 50.7 Å². The maximum absolute atomic E-state index is 15.3. The third kappa shape index (κ3) is 3.72. The van der Waals surface area contributed by atoms with E-state index in [9.17, 15) is 4.79 Å². The first-order chi connectivity index (χ1) is 16.0. The number of piperidine rings is 1. The van der Waals surface area contributed by atoms with Crippen molar-refractivity contribution in [3.8, 4) is 21.6 Å². The van der Waals surface area contributed by atoms with Gasteiger partial charge in [-0.25, -0.2) is 4.39 Å². The van der Waals surface area contributed by atoms with Gasteiger partial charge in [-0.1, -0.05) is 35.5 Å². The maximum atomic E-state index is 15.3. The SMILES string of the molecule is Cc1noc2cc(-c3sc(C(=O)N4C5CCC4CC(N)C5)cc3-c3ccccc3)c(F)cc12.Cl. The molecule has 5 nitrogen and oxygen atoms in total. The molecule has 2 saturated heterocycles. The van der Waals surface area contributed by atoms with Crippen molar-refractivity contribution in [3.05, 3.63) is 64.9 Å². The van der Waals surface area contributed by atoms with E-state index in [2.05, 4.69) is 5.16 Å². The number of carbonyl (C=O) groups is 1. The van der Waals surface area contributed by atoms with E-state index < -0.39 is 0 Å². The van der Waals surface area contributed by atoms with Crippen LogP contribution >= 0.6 is 23.7 Å². The number of hydrogen-bond acceptors (Lipinski definition) is 5. The van der Waals surface area contributed by atoms with Gasteiger partial charge in [0.15, 0.2) is 5.58 Å². The van der Waals surface area contributed by atoms with Gasteiger partial charge < -0.3 is 15.2 Å². The van der Waals surface area contributed by atoms with Gasteiger partial charge in [0.2, 0.25) is 0 Å². The Bertz CT molecular complexity index is 1360. The van der Waals surface area contributed by atoms with E-state index in [0.29, 0.717) is 27.1 Å². The standard InChI is InChI=1S/C26H24FN3O2S.ClH/c1-14-19-11-22(27)21(12-23(19)32-29-14)25-20(15-5-3-2-4-6-15)13-24(33-25)26(31)30-17-7-8-18(30)10-16(28)9-17;/h2-6,11-13,16-18H,7-10,28H2,1H3;1H. The second-order valence-corrected chi connectivity index (χ2v) is 10.2. The molecule has 2 atom stereocenters. The molecule has 2 aliphatic rings. The summed E-state index contributed by atoms with van der Waals surface area (Å²) < 4.78 is 20.7. The minimum Gasteiger partial charge on any atom is -0.356 e. The van der Waals surface area contributed by atoms with Crippen LogP contribution < -0.4 is 5.73 Å². The number of amides is 1. The number of aryl methyl sites for hydroxylation is 1. The molecule has 0 spiro atoms. The average molecular weight is 498 g/mol. The second kappa shape index (κ2) is 8.80. The monoisotopic (exact) mass is 497 g/mol. The summed E-state index contributed by atoms with van der Waals surface area (Å²) in [5.41, 5.74) is 9.61. The number of fused-ring (bicyclic) bond motifs is 3. The Morgan fingerprint density at radius 1 is 1.12 bits per heavy atom. The van der Waals surface area contributed by atoms with Gasteiger partial charge in [0, 0.05) is 39.5 Å². The number of aromatic nitrogens is 1. The van der Waals surface area contributed by atoms with Gasteiger partial charge in [-0.15, -0.1) is 23.7 Å². The summed E-state index contributed by atoms with van der Waals surface area (Å²) in [5.74, 6) is -0.323. The first-order valence-corrected chi connectivity index (χ1v) is 12.1. The smallest absolute Gasteiger partial charge is 0.264 e.